The Hall–Kier alpha value is -1.73. The van der Waals surface area contributed by atoms with Gasteiger partial charge in [0, 0.05) is 11.6 Å². The SMILES string of the molecule is Cl.O=C(O)c1csc2c1N=CC(C(=O)O)C2=NC1CC1. The number of fused-ring (bicyclic) bond motifs is 1. The van der Waals surface area contributed by atoms with E-state index in [1.54, 1.807) is 0 Å². The van der Waals surface area contributed by atoms with E-state index < -0.39 is 17.9 Å². The van der Waals surface area contributed by atoms with Gasteiger partial charge in [-0.3, -0.25) is 14.8 Å². The van der Waals surface area contributed by atoms with Gasteiger partial charge in [-0.2, -0.15) is 0 Å². The Morgan fingerprint density at radius 2 is 2.05 bits per heavy atom. The first kappa shape index (κ1) is 14.7. The summed E-state index contributed by atoms with van der Waals surface area (Å²) in [5.41, 5.74) is 0.871. The molecule has 1 atom stereocenters. The van der Waals surface area contributed by atoms with Crippen LogP contribution in [0.2, 0.25) is 0 Å². The highest BCUT2D eigenvalue weighted by Gasteiger charge is 2.34. The number of carboxylic acids is 2. The molecule has 1 aliphatic heterocycles. The lowest BCUT2D eigenvalue weighted by Gasteiger charge is -2.15. The molecule has 20 heavy (non-hydrogen) atoms. The minimum absolute atomic E-state index is 0. The maximum atomic E-state index is 11.2. The Bertz CT molecular complexity index is 633. The maximum absolute atomic E-state index is 11.2. The van der Waals surface area contributed by atoms with Crippen molar-refractivity contribution < 1.29 is 19.8 Å². The number of halogens is 1. The number of hydrogen-bond acceptors (Lipinski definition) is 5. The van der Waals surface area contributed by atoms with E-state index in [1.165, 1.54) is 22.9 Å². The fraction of sp³-hybridized carbons (Fsp3) is 0.333. The summed E-state index contributed by atoms with van der Waals surface area (Å²) in [6.45, 7) is 0. The maximum Gasteiger partial charge on any atom is 0.338 e. The number of aliphatic carboxylic acids is 1. The highest BCUT2D eigenvalue weighted by molar-refractivity contribution is 7.13. The van der Waals surface area contributed by atoms with Gasteiger partial charge in [0.25, 0.3) is 0 Å². The van der Waals surface area contributed by atoms with Gasteiger partial charge in [-0.25, -0.2) is 4.79 Å². The third-order valence-electron chi connectivity index (χ3n) is 3.01. The van der Waals surface area contributed by atoms with E-state index in [2.05, 4.69) is 9.98 Å². The summed E-state index contributed by atoms with van der Waals surface area (Å²) in [7, 11) is 0. The second kappa shape index (κ2) is 5.34. The molecular weight excluding hydrogens is 304 g/mol. The summed E-state index contributed by atoms with van der Waals surface area (Å²) in [5, 5.41) is 19.7. The summed E-state index contributed by atoms with van der Waals surface area (Å²) < 4.78 is 0. The molecular formula is C12H11ClN2O4S. The van der Waals surface area contributed by atoms with E-state index in [-0.39, 0.29) is 24.0 Å². The molecule has 1 unspecified atom stereocenters. The molecule has 0 bridgehead atoms. The smallest absolute Gasteiger partial charge is 0.338 e. The summed E-state index contributed by atoms with van der Waals surface area (Å²) >= 11 is 1.19. The van der Waals surface area contributed by atoms with Crippen LogP contribution in [0.25, 0.3) is 0 Å². The van der Waals surface area contributed by atoms with Crippen molar-refractivity contribution in [2.45, 2.75) is 18.9 Å². The summed E-state index contributed by atoms with van der Waals surface area (Å²) in [4.78, 5) is 31.3. The lowest BCUT2D eigenvalue weighted by atomic mass is 9.99. The molecule has 1 saturated carbocycles. The van der Waals surface area contributed by atoms with Crippen molar-refractivity contribution in [3.8, 4) is 0 Å². The molecule has 2 heterocycles. The average Bonchev–Trinajstić information content (AvgIpc) is 3.05. The fourth-order valence-electron chi connectivity index (χ4n) is 1.89. The number of rotatable bonds is 3. The number of aromatic carboxylic acids is 1. The minimum Gasteiger partial charge on any atom is -0.480 e. The van der Waals surface area contributed by atoms with Crippen LogP contribution in [0.1, 0.15) is 28.1 Å². The molecule has 6 nitrogen and oxygen atoms in total. The molecule has 0 amide bonds. The number of hydrogen-bond donors (Lipinski definition) is 2. The normalized spacial score (nSPS) is 22.2. The van der Waals surface area contributed by atoms with Crippen molar-refractivity contribution in [2.75, 3.05) is 0 Å². The molecule has 0 radical (unpaired) electrons. The van der Waals surface area contributed by atoms with Gasteiger partial charge < -0.3 is 10.2 Å². The zero-order valence-corrected chi connectivity index (χ0v) is 11.8. The molecule has 1 fully saturated rings. The van der Waals surface area contributed by atoms with Crippen LogP contribution in [0.3, 0.4) is 0 Å². The highest BCUT2D eigenvalue weighted by Crippen LogP contribution is 2.37. The van der Waals surface area contributed by atoms with Crippen LogP contribution in [0, 0.1) is 5.92 Å². The van der Waals surface area contributed by atoms with Crippen molar-refractivity contribution in [3.05, 3.63) is 15.8 Å². The minimum atomic E-state index is -1.06. The lowest BCUT2D eigenvalue weighted by Crippen LogP contribution is -2.28. The molecule has 2 N–H and O–H groups in total. The van der Waals surface area contributed by atoms with Crippen molar-refractivity contribution in [3.63, 3.8) is 0 Å². The Labute approximate surface area is 124 Å². The zero-order valence-electron chi connectivity index (χ0n) is 10.1. The van der Waals surface area contributed by atoms with Gasteiger partial charge in [0.15, 0.2) is 0 Å². The standard InChI is InChI=1S/C12H10N2O4S.ClH/c15-11(16)6-3-13-8-7(12(17)18)4-19-10(8)9(6)14-5-1-2-5;/h3-6H,1-2H2,(H,15,16)(H,17,18);1H. The second-order valence-electron chi connectivity index (χ2n) is 4.47. The number of thiophene rings is 1. The Balaban J connectivity index is 0.00000147. The topological polar surface area (TPSA) is 99.3 Å². The predicted octanol–water partition coefficient (Wildman–Crippen LogP) is 2.24. The van der Waals surface area contributed by atoms with E-state index in [9.17, 15) is 14.7 Å². The van der Waals surface area contributed by atoms with Crippen molar-refractivity contribution >= 4 is 53.3 Å². The van der Waals surface area contributed by atoms with Crippen LogP contribution in [0.5, 0.6) is 0 Å². The molecule has 8 heteroatoms. The summed E-state index contributed by atoms with van der Waals surface area (Å²) in [5.74, 6) is -2.96. The number of carbonyl (C=O) groups is 2. The molecule has 0 aromatic carbocycles. The summed E-state index contributed by atoms with van der Waals surface area (Å²) in [6.07, 6.45) is 3.18. The van der Waals surface area contributed by atoms with Gasteiger partial charge in [0.2, 0.25) is 0 Å². The molecule has 3 rings (SSSR count). The van der Waals surface area contributed by atoms with Crippen molar-refractivity contribution in [1.29, 1.82) is 0 Å². The van der Waals surface area contributed by atoms with Gasteiger partial charge in [0.1, 0.15) is 5.92 Å². The Morgan fingerprint density at radius 1 is 1.35 bits per heavy atom. The first-order valence-electron chi connectivity index (χ1n) is 5.77. The summed E-state index contributed by atoms with van der Waals surface area (Å²) in [6, 6.07) is 0.173. The van der Waals surface area contributed by atoms with Gasteiger partial charge in [-0.05, 0) is 12.8 Å². The largest absolute Gasteiger partial charge is 0.480 e. The molecule has 2 aliphatic rings. The molecule has 0 saturated heterocycles. The van der Waals surface area contributed by atoms with E-state index in [0.29, 0.717) is 16.3 Å². The molecule has 1 aromatic rings. The van der Waals surface area contributed by atoms with E-state index in [4.69, 9.17) is 5.11 Å². The van der Waals surface area contributed by atoms with Gasteiger partial charge in [0.05, 0.1) is 27.9 Å². The van der Waals surface area contributed by atoms with Crippen LogP contribution in [0.4, 0.5) is 5.69 Å². The first-order valence-corrected chi connectivity index (χ1v) is 6.65. The lowest BCUT2D eigenvalue weighted by molar-refractivity contribution is -0.137. The first-order chi connectivity index (χ1) is 9.08. The number of nitrogens with zero attached hydrogens (tertiary/aromatic N) is 2. The van der Waals surface area contributed by atoms with Crippen molar-refractivity contribution in [1.82, 2.24) is 0 Å². The zero-order chi connectivity index (χ0) is 13.6. The van der Waals surface area contributed by atoms with E-state index in [0.717, 1.165) is 12.8 Å². The molecule has 1 aromatic heterocycles. The molecule has 0 spiro atoms. The average molecular weight is 315 g/mol. The third kappa shape index (κ3) is 2.46. The van der Waals surface area contributed by atoms with Gasteiger partial charge in [-0.15, -0.1) is 23.7 Å². The third-order valence-corrected chi connectivity index (χ3v) is 4.00. The fourth-order valence-corrected chi connectivity index (χ4v) is 2.92. The van der Waals surface area contributed by atoms with Crippen molar-refractivity contribution in [2.24, 2.45) is 15.9 Å². The quantitative estimate of drug-likeness (QED) is 0.893. The molecule has 106 valence electrons. The Kier molecular flexibility index (Phi) is 3.92. The van der Waals surface area contributed by atoms with E-state index in [1.807, 2.05) is 0 Å². The van der Waals surface area contributed by atoms with Crippen LogP contribution < -0.4 is 0 Å². The highest BCUT2D eigenvalue weighted by atomic mass is 35.5. The second-order valence-corrected chi connectivity index (χ2v) is 5.35. The van der Waals surface area contributed by atoms with Gasteiger partial charge >= 0.3 is 11.9 Å². The van der Waals surface area contributed by atoms with Crippen LogP contribution in [-0.4, -0.2) is 40.1 Å². The Morgan fingerprint density at radius 3 is 2.60 bits per heavy atom. The number of aliphatic imine (C=N–C) groups is 2. The predicted molar refractivity (Wildman–Crippen MR) is 77.4 cm³/mol. The monoisotopic (exact) mass is 314 g/mol. The molecule has 1 aliphatic carbocycles. The van der Waals surface area contributed by atoms with E-state index >= 15 is 0 Å². The van der Waals surface area contributed by atoms with Crippen LogP contribution >= 0.6 is 23.7 Å². The van der Waals surface area contributed by atoms with Crippen LogP contribution in [-0.2, 0) is 4.79 Å². The van der Waals surface area contributed by atoms with Crippen LogP contribution in [0.15, 0.2) is 15.4 Å². The number of carboxylic acid groups (broad SMARTS) is 2. The van der Waals surface area contributed by atoms with Gasteiger partial charge in [-0.1, -0.05) is 0 Å².